The second-order valence-electron chi connectivity index (χ2n) is 7.40. The summed E-state index contributed by atoms with van der Waals surface area (Å²) in [7, 11) is -0.784. The van der Waals surface area contributed by atoms with Gasteiger partial charge >= 0.3 is 0 Å². The number of hydrogen-bond acceptors (Lipinski definition) is 5. The zero-order chi connectivity index (χ0) is 21.3. The van der Waals surface area contributed by atoms with Gasteiger partial charge in [-0.1, -0.05) is 18.2 Å². The highest BCUT2D eigenvalue weighted by Crippen LogP contribution is 2.36. The number of fused-ring (bicyclic) bond motifs is 1. The first-order valence-electron chi connectivity index (χ1n) is 9.78. The van der Waals surface area contributed by atoms with Crippen molar-refractivity contribution in [2.75, 3.05) is 29.6 Å². The van der Waals surface area contributed by atoms with Gasteiger partial charge in [0, 0.05) is 39.5 Å². The van der Waals surface area contributed by atoms with Crippen molar-refractivity contribution < 1.29 is 8.60 Å². The molecule has 3 heterocycles. The minimum atomic E-state index is -0.784. The maximum atomic E-state index is 14.0. The van der Waals surface area contributed by atoms with Gasteiger partial charge in [0.2, 0.25) is 0 Å². The molecule has 1 fully saturated rings. The van der Waals surface area contributed by atoms with Crippen molar-refractivity contribution >= 4 is 55.5 Å². The molecule has 2 unspecified atom stereocenters. The van der Waals surface area contributed by atoms with E-state index < -0.39 is 17.5 Å². The fourth-order valence-electron chi connectivity index (χ4n) is 3.81. The first-order chi connectivity index (χ1) is 14.5. The Morgan fingerprint density at radius 2 is 2.10 bits per heavy atom. The second kappa shape index (κ2) is 8.85. The third-order valence-electron chi connectivity index (χ3n) is 5.47. The number of anilines is 2. The molecule has 9 heteroatoms. The molecule has 6 nitrogen and oxygen atoms in total. The van der Waals surface area contributed by atoms with Crippen LogP contribution in [-0.2, 0) is 10.8 Å². The summed E-state index contributed by atoms with van der Waals surface area (Å²) in [6, 6.07) is 7.31. The van der Waals surface area contributed by atoms with Crippen molar-refractivity contribution in [1.82, 2.24) is 14.6 Å². The lowest BCUT2D eigenvalue weighted by atomic mass is 9.96. The molecule has 2 atom stereocenters. The molecule has 0 amide bonds. The van der Waals surface area contributed by atoms with Gasteiger partial charge in [0.1, 0.15) is 12.5 Å². The van der Waals surface area contributed by atoms with Crippen molar-refractivity contribution in [3.63, 3.8) is 0 Å². The summed E-state index contributed by atoms with van der Waals surface area (Å²) in [5.41, 5.74) is 16.0. The van der Waals surface area contributed by atoms with E-state index in [1.165, 1.54) is 4.52 Å². The molecule has 0 radical (unpaired) electrons. The minimum Gasteiger partial charge on any atom is -0.398 e. The molecule has 0 bridgehead atoms. The highest BCUT2D eigenvalue weighted by atomic mass is 79.9. The monoisotopic (exact) mass is 491 g/mol. The van der Waals surface area contributed by atoms with Crippen LogP contribution in [-0.4, -0.2) is 37.0 Å². The van der Waals surface area contributed by atoms with E-state index in [-0.39, 0.29) is 5.92 Å². The predicted molar refractivity (Wildman–Crippen MR) is 124 cm³/mol. The van der Waals surface area contributed by atoms with E-state index in [4.69, 9.17) is 16.5 Å². The Morgan fingerprint density at radius 3 is 2.87 bits per heavy atom. The lowest BCUT2D eigenvalue weighted by molar-refractivity contribution is 0.572. The smallest absolute Gasteiger partial charge is 0.165 e. The quantitative estimate of drug-likeness (QED) is 0.533. The Hall–Kier alpha value is -2.26. The zero-order valence-corrected chi connectivity index (χ0v) is 18.8. The standard InChI is InChI=1S/C21H23BrFN5OS/c22-18-19(13-5-3-8-30(29)9-7-13)27-21-16(12-26-28(21)20(18)25)15(11-23)10-14-4-1-2-6-17(14)24/h1-2,4,6,10,12-13H,3,5,7-9,11,24-25H2. The topological polar surface area (TPSA) is 99.3 Å². The summed E-state index contributed by atoms with van der Waals surface area (Å²) in [5.74, 6) is 1.93. The summed E-state index contributed by atoms with van der Waals surface area (Å²) < 4.78 is 28.2. The van der Waals surface area contributed by atoms with Gasteiger partial charge in [-0.25, -0.2) is 9.37 Å². The number of hydrogen-bond donors (Lipinski definition) is 2. The van der Waals surface area contributed by atoms with Crippen molar-refractivity contribution in [2.45, 2.75) is 25.2 Å². The molecule has 4 rings (SSSR count). The van der Waals surface area contributed by atoms with Crippen LogP contribution in [0.15, 0.2) is 34.9 Å². The van der Waals surface area contributed by atoms with Gasteiger partial charge in [0.05, 0.1) is 16.4 Å². The van der Waals surface area contributed by atoms with Crippen LogP contribution in [0.3, 0.4) is 0 Å². The first kappa shape index (κ1) is 21.0. The van der Waals surface area contributed by atoms with Crippen LogP contribution in [0.5, 0.6) is 0 Å². The SMILES string of the molecule is Nc1ccccc1C=C(CF)c1cnn2c(N)c(Br)c(C3CCCS(=O)CC3)nc12. The summed E-state index contributed by atoms with van der Waals surface area (Å²) >= 11 is 3.57. The van der Waals surface area contributed by atoms with Crippen molar-refractivity contribution in [3.05, 3.63) is 51.8 Å². The number of alkyl halides is 1. The Balaban J connectivity index is 1.83. The van der Waals surface area contributed by atoms with Gasteiger partial charge in [0.25, 0.3) is 0 Å². The van der Waals surface area contributed by atoms with Gasteiger partial charge in [0.15, 0.2) is 5.65 Å². The maximum absolute atomic E-state index is 14.0. The van der Waals surface area contributed by atoms with Crippen molar-refractivity contribution in [1.29, 1.82) is 0 Å². The molecule has 158 valence electrons. The van der Waals surface area contributed by atoms with E-state index in [9.17, 15) is 8.60 Å². The third kappa shape index (κ3) is 4.00. The number of nitrogens with two attached hydrogens (primary N) is 2. The molecule has 1 aromatic carbocycles. The van der Waals surface area contributed by atoms with E-state index >= 15 is 0 Å². The van der Waals surface area contributed by atoms with Gasteiger partial charge in [-0.3, -0.25) is 4.21 Å². The van der Waals surface area contributed by atoms with Crippen LogP contribution in [0, 0.1) is 0 Å². The fourth-order valence-corrected chi connectivity index (χ4v) is 5.63. The van der Waals surface area contributed by atoms with E-state index in [1.807, 2.05) is 18.2 Å². The predicted octanol–water partition coefficient (Wildman–Crippen LogP) is 4.18. The first-order valence-corrected chi connectivity index (χ1v) is 12.1. The highest BCUT2D eigenvalue weighted by Gasteiger charge is 2.25. The summed E-state index contributed by atoms with van der Waals surface area (Å²) in [4.78, 5) is 4.85. The molecule has 1 aliphatic heterocycles. The number of halogens is 2. The third-order valence-corrected chi connectivity index (χ3v) is 7.72. The number of nitrogen functional groups attached to an aromatic ring is 2. The summed E-state index contributed by atoms with van der Waals surface area (Å²) in [6.07, 6.45) is 5.86. The van der Waals surface area contributed by atoms with Crippen LogP contribution in [0.4, 0.5) is 15.9 Å². The van der Waals surface area contributed by atoms with Crippen LogP contribution < -0.4 is 11.5 Å². The molecular formula is C21H23BrFN5OS. The number of aromatic nitrogens is 3. The van der Waals surface area contributed by atoms with Crippen molar-refractivity contribution in [2.24, 2.45) is 0 Å². The van der Waals surface area contributed by atoms with E-state index in [2.05, 4.69) is 21.0 Å². The lowest BCUT2D eigenvalue weighted by Crippen LogP contribution is -2.10. The summed E-state index contributed by atoms with van der Waals surface area (Å²) in [5, 5.41) is 4.34. The average molecular weight is 492 g/mol. The number of nitrogens with zero attached hydrogens (tertiary/aromatic N) is 3. The highest BCUT2D eigenvalue weighted by molar-refractivity contribution is 9.10. The van der Waals surface area contributed by atoms with Crippen LogP contribution in [0.2, 0.25) is 0 Å². The van der Waals surface area contributed by atoms with Gasteiger partial charge in [-0.2, -0.15) is 9.61 Å². The Morgan fingerprint density at radius 1 is 1.30 bits per heavy atom. The fraction of sp³-hybridized carbons (Fsp3) is 0.333. The largest absolute Gasteiger partial charge is 0.398 e. The molecule has 2 aromatic heterocycles. The number of allylic oxidation sites excluding steroid dienone is 1. The molecule has 4 N–H and O–H groups in total. The molecule has 0 saturated carbocycles. The summed E-state index contributed by atoms with van der Waals surface area (Å²) in [6.45, 7) is -0.689. The number of rotatable bonds is 4. The maximum Gasteiger partial charge on any atom is 0.165 e. The lowest BCUT2D eigenvalue weighted by Gasteiger charge is -2.17. The number of benzene rings is 1. The molecule has 1 aliphatic rings. The second-order valence-corrected chi connectivity index (χ2v) is 9.89. The van der Waals surface area contributed by atoms with Crippen molar-refractivity contribution in [3.8, 4) is 0 Å². The Bertz CT molecular complexity index is 1150. The van der Waals surface area contributed by atoms with Gasteiger partial charge in [-0.15, -0.1) is 0 Å². The van der Waals surface area contributed by atoms with Crippen LogP contribution in [0.1, 0.15) is 42.0 Å². The minimum absolute atomic E-state index is 0.142. The molecule has 0 spiro atoms. The van der Waals surface area contributed by atoms with E-state index in [0.29, 0.717) is 38.5 Å². The Kier molecular flexibility index (Phi) is 6.19. The van der Waals surface area contributed by atoms with Gasteiger partial charge in [-0.05, 0) is 58.5 Å². The van der Waals surface area contributed by atoms with E-state index in [1.54, 1.807) is 18.3 Å². The normalized spacial score (nSPS) is 20.4. The zero-order valence-electron chi connectivity index (χ0n) is 16.4. The molecular weight excluding hydrogens is 469 g/mol. The molecule has 0 aliphatic carbocycles. The van der Waals surface area contributed by atoms with Crippen LogP contribution in [0.25, 0.3) is 17.3 Å². The van der Waals surface area contributed by atoms with Gasteiger partial charge < -0.3 is 11.5 Å². The number of para-hydroxylation sites is 1. The molecule has 1 saturated heterocycles. The van der Waals surface area contributed by atoms with Crippen LogP contribution >= 0.6 is 15.9 Å². The molecule has 3 aromatic rings. The Labute approximate surface area is 185 Å². The average Bonchev–Trinajstić information content (AvgIpc) is 3.04. The van der Waals surface area contributed by atoms with E-state index in [0.717, 1.165) is 36.3 Å². The molecule has 30 heavy (non-hydrogen) atoms.